The van der Waals surface area contributed by atoms with Crippen LogP contribution in [0.3, 0.4) is 0 Å². The Kier molecular flexibility index (Phi) is 4.89. The van der Waals surface area contributed by atoms with Gasteiger partial charge in [0.2, 0.25) is 5.62 Å². The van der Waals surface area contributed by atoms with Gasteiger partial charge in [-0.2, -0.15) is 0 Å². The van der Waals surface area contributed by atoms with Crippen molar-refractivity contribution in [3.8, 4) is 0 Å². The number of carbonyl (C=O) groups is 1. The number of aromatic nitrogens is 2. The van der Waals surface area contributed by atoms with Crippen molar-refractivity contribution in [1.29, 1.82) is 5.41 Å². The van der Waals surface area contributed by atoms with Crippen LogP contribution in [-0.2, 0) is 13.1 Å². The molecule has 0 aliphatic carbocycles. The Morgan fingerprint density at radius 1 is 1.17 bits per heavy atom. The molecule has 2 N–H and O–H groups in total. The molecule has 1 heterocycles. The van der Waals surface area contributed by atoms with Crippen molar-refractivity contribution in [2.45, 2.75) is 13.1 Å². The van der Waals surface area contributed by atoms with Gasteiger partial charge in [-0.3, -0.25) is 10.2 Å². The van der Waals surface area contributed by atoms with E-state index in [1.54, 1.807) is 33.4 Å². The first-order chi connectivity index (χ1) is 11.5. The van der Waals surface area contributed by atoms with Gasteiger partial charge in [0.1, 0.15) is 0 Å². The summed E-state index contributed by atoms with van der Waals surface area (Å²) in [6, 6.07) is 12.5. The number of carbonyl (C=O) groups excluding carboxylic acids is 1. The number of rotatable bonds is 5. The lowest BCUT2D eigenvalue weighted by atomic mass is 10.1. The zero-order chi connectivity index (χ0) is 17.3. The Hall–Kier alpha value is -1.89. The van der Waals surface area contributed by atoms with Crippen LogP contribution in [-0.4, -0.2) is 26.6 Å². The summed E-state index contributed by atoms with van der Waals surface area (Å²) in [4.78, 5) is 12.6. The number of Topliss-reactive ketones (excluding diaryl/α,β-unsaturated/α-hetero) is 1. The predicted octanol–water partition coefficient (Wildman–Crippen LogP) is 3.21. The third-order valence-electron chi connectivity index (χ3n) is 3.83. The molecule has 0 unspecified atom stereocenters. The lowest BCUT2D eigenvalue weighted by Gasteiger charge is -2.04. The molecule has 0 aliphatic rings. The molecule has 24 heavy (non-hydrogen) atoms. The van der Waals surface area contributed by atoms with E-state index in [1.165, 1.54) is 0 Å². The second-order valence-electron chi connectivity index (χ2n) is 5.32. The number of nitrogens with one attached hydrogen (secondary N) is 1. The summed E-state index contributed by atoms with van der Waals surface area (Å²) in [5, 5.41) is 18.1. The average Bonchev–Trinajstić information content (AvgIpc) is 2.83. The molecule has 0 spiro atoms. The lowest BCUT2D eigenvalue weighted by molar-refractivity contribution is 0.0971. The summed E-state index contributed by atoms with van der Waals surface area (Å²) in [6.45, 7) is 0.176. The summed E-state index contributed by atoms with van der Waals surface area (Å²) in [5.41, 5.74) is 2.07. The van der Waals surface area contributed by atoms with Crippen LogP contribution in [0.4, 0.5) is 0 Å². The molecular weight excluding hydrogens is 394 g/mol. The van der Waals surface area contributed by atoms with Gasteiger partial charge in [-0.1, -0.05) is 45.7 Å². The van der Waals surface area contributed by atoms with E-state index in [0.29, 0.717) is 21.6 Å². The minimum absolute atomic E-state index is 0.0374. The highest BCUT2D eigenvalue weighted by Gasteiger charge is 2.16. The van der Waals surface area contributed by atoms with Crippen LogP contribution in [0.25, 0.3) is 11.0 Å². The Morgan fingerprint density at radius 2 is 1.88 bits per heavy atom. The maximum absolute atomic E-state index is 12.6. The second kappa shape index (κ2) is 6.93. The van der Waals surface area contributed by atoms with Crippen molar-refractivity contribution >= 4 is 44.3 Å². The summed E-state index contributed by atoms with van der Waals surface area (Å²) in [5.74, 6) is -0.0935. The maximum atomic E-state index is 12.6. The number of hydrogen-bond acceptors (Lipinski definition) is 3. The van der Waals surface area contributed by atoms with E-state index in [1.807, 2.05) is 18.2 Å². The van der Waals surface area contributed by atoms with Gasteiger partial charge in [-0.05, 0) is 24.3 Å². The van der Waals surface area contributed by atoms with Gasteiger partial charge in [0, 0.05) is 16.6 Å². The number of aliphatic hydroxyl groups excluding tert-OH is 1. The van der Waals surface area contributed by atoms with Crippen molar-refractivity contribution in [3.63, 3.8) is 0 Å². The number of para-hydroxylation sites is 1. The fraction of sp³-hybridized carbons (Fsp3) is 0.176. The topological polar surface area (TPSA) is 71.0 Å². The zero-order valence-electron chi connectivity index (χ0n) is 12.7. The van der Waals surface area contributed by atoms with E-state index in [-0.39, 0.29) is 31.1 Å². The van der Waals surface area contributed by atoms with Gasteiger partial charge < -0.3 is 14.2 Å². The van der Waals surface area contributed by atoms with Crippen molar-refractivity contribution < 1.29 is 9.90 Å². The number of nitrogens with zero attached hydrogens (tertiary/aromatic N) is 2. The minimum atomic E-state index is -0.110. The Labute approximate surface area is 151 Å². The molecule has 1 aromatic heterocycles. The molecule has 0 saturated heterocycles. The van der Waals surface area contributed by atoms with Gasteiger partial charge in [-0.25, -0.2) is 0 Å². The molecule has 0 bridgehead atoms. The molecule has 0 fully saturated rings. The lowest BCUT2D eigenvalue weighted by Crippen LogP contribution is -2.28. The van der Waals surface area contributed by atoms with Crippen molar-refractivity contribution in [1.82, 2.24) is 9.13 Å². The van der Waals surface area contributed by atoms with E-state index in [2.05, 4.69) is 15.9 Å². The SMILES string of the molecule is N=c1n(CC(=O)c2ccc(Br)cc2)c2cccc(Cl)c2n1CCO. The Morgan fingerprint density at radius 3 is 2.54 bits per heavy atom. The highest BCUT2D eigenvalue weighted by molar-refractivity contribution is 9.10. The van der Waals surface area contributed by atoms with E-state index in [9.17, 15) is 9.90 Å². The van der Waals surface area contributed by atoms with Crippen LogP contribution < -0.4 is 5.62 Å². The molecule has 3 aromatic rings. The Bertz CT molecular complexity index is 960. The van der Waals surface area contributed by atoms with E-state index in [4.69, 9.17) is 17.0 Å². The molecule has 5 nitrogen and oxygen atoms in total. The first-order valence-corrected chi connectivity index (χ1v) is 8.52. The fourth-order valence-corrected chi connectivity index (χ4v) is 3.24. The maximum Gasteiger partial charge on any atom is 0.203 e. The quantitative estimate of drug-likeness (QED) is 0.636. The van der Waals surface area contributed by atoms with Gasteiger partial charge in [0.15, 0.2) is 5.78 Å². The number of aliphatic hydroxyl groups is 1. The van der Waals surface area contributed by atoms with Gasteiger partial charge in [0.25, 0.3) is 0 Å². The molecular formula is C17H15BrClN3O2. The first-order valence-electron chi connectivity index (χ1n) is 7.34. The first kappa shape index (κ1) is 17.0. The smallest absolute Gasteiger partial charge is 0.203 e. The molecule has 0 atom stereocenters. The summed E-state index contributed by atoms with van der Waals surface area (Å²) in [6.07, 6.45) is 0. The van der Waals surface area contributed by atoms with Crippen LogP contribution in [0.15, 0.2) is 46.9 Å². The fourth-order valence-electron chi connectivity index (χ4n) is 2.70. The third-order valence-corrected chi connectivity index (χ3v) is 4.66. The van der Waals surface area contributed by atoms with Crippen molar-refractivity contribution in [3.05, 3.63) is 63.1 Å². The third kappa shape index (κ3) is 3.05. The molecule has 0 saturated carbocycles. The molecule has 2 aromatic carbocycles. The van der Waals surface area contributed by atoms with Crippen LogP contribution >= 0.6 is 27.5 Å². The number of ketones is 1. The molecule has 124 valence electrons. The number of fused-ring (bicyclic) bond motifs is 1. The average molecular weight is 409 g/mol. The Balaban J connectivity index is 2.08. The monoisotopic (exact) mass is 407 g/mol. The second-order valence-corrected chi connectivity index (χ2v) is 6.65. The molecule has 3 rings (SSSR count). The van der Waals surface area contributed by atoms with Crippen LogP contribution in [0.5, 0.6) is 0 Å². The zero-order valence-corrected chi connectivity index (χ0v) is 15.0. The summed E-state index contributed by atoms with van der Waals surface area (Å²) >= 11 is 9.61. The van der Waals surface area contributed by atoms with Crippen molar-refractivity contribution in [2.24, 2.45) is 0 Å². The van der Waals surface area contributed by atoms with Gasteiger partial charge >= 0.3 is 0 Å². The molecule has 0 aliphatic heterocycles. The molecule has 7 heteroatoms. The van der Waals surface area contributed by atoms with Gasteiger partial charge in [0.05, 0.1) is 29.2 Å². The number of benzene rings is 2. The standard InChI is InChI=1S/C17H15BrClN3O2/c18-12-6-4-11(5-7-12)15(24)10-22-14-3-1-2-13(19)16(14)21(8-9-23)17(22)20/h1-7,20,23H,8-10H2. The number of halogens is 2. The van der Waals surface area contributed by atoms with E-state index >= 15 is 0 Å². The highest BCUT2D eigenvalue weighted by atomic mass is 79.9. The predicted molar refractivity (Wildman–Crippen MR) is 96.4 cm³/mol. The largest absolute Gasteiger partial charge is 0.395 e. The summed E-state index contributed by atoms with van der Waals surface area (Å²) < 4.78 is 4.13. The van der Waals surface area contributed by atoms with Crippen molar-refractivity contribution in [2.75, 3.05) is 6.61 Å². The van der Waals surface area contributed by atoms with E-state index in [0.717, 1.165) is 4.47 Å². The molecule has 0 radical (unpaired) electrons. The van der Waals surface area contributed by atoms with E-state index < -0.39 is 0 Å². The van der Waals surface area contributed by atoms with Crippen LogP contribution in [0, 0.1) is 5.41 Å². The van der Waals surface area contributed by atoms with Crippen LogP contribution in [0.1, 0.15) is 10.4 Å². The molecule has 0 amide bonds. The van der Waals surface area contributed by atoms with Crippen LogP contribution in [0.2, 0.25) is 5.02 Å². The number of imidazole rings is 1. The normalized spacial score (nSPS) is 11.1. The van der Waals surface area contributed by atoms with Gasteiger partial charge in [-0.15, -0.1) is 0 Å². The highest BCUT2D eigenvalue weighted by Crippen LogP contribution is 2.23. The number of hydrogen-bond donors (Lipinski definition) is 2. The minimum Gasteiger partial charge on any atom is -0.395 e. The summed E-state index contributed by atoms with van der Waals surface area (Å²) in [7, 11) is 0.